The molecular weight excluding hydrogens is 220 g/mol. The van der Waals surface area contributed by atoms with E-state index in [0.717, 1.165) is 12.3 Å². The van der Waals surface area contributed by atoms with Gasteiger partial charge in [0.1, 0.15) is 0 Å². The van der Waals surface area contributed by atoms with Crippen LogP contribution < -0.4 is 0 Å². The molecule has 0 aromatic carbocycles. The van der Waals surface area contributed by atoms with Crippen LogP contribution in [0.15, 0.2) is 0 Å². The van der Waals surface area contributed by atoms with Gasteiger partial charge in [0.25, 0.3) is 0 Å². The highest BCUT2D eigenvalue weighted by Crippen LogP contribution is 2.22. The summed E-state index contributed by atoms with van der Waals surface area (Å²) in [6, 6.07) is 0. The number of hydrogen-bond acceptors (Lipinski definition) is 1. The minimum atomic E-state index is 0.394. The first kappa shape index (κ1) is 16.0. The number of aliphatic hydroxyl groups excluding tert-OH is 1. The normalized spacial score (nSPS) is 23.2. The summed E-state index contributed by atoms with van der Waals surface area (Å²) in [6.45, 7) is 0.394. The SMILES string of the molecule is OCCC1CCCCCCCCCCCCCC1. The minimum absolute atomic E-state index is 0.394. The molecule has 1 aliphatic carbocycles. The van der Waals surface area contributed by atoms with Gasteiger partial charge >= 0.3 is 0 Å². The van der Waals surface area contributed by atoms with E-state index in [1.807, 2.05) is 0 Å². The number of rotatable bonds is 2. The zero-order valence-electron chi connectivity index (χ0n) is 12.3. The monoisotopic (exact) mass is 254 g/mol. The van der Waals surface area contributed by atoms with E-state index in [4.69, 9.17) is 5.11 Å². The lowest BCUT2D eigenvalue weighted by Gasteiger charge is -2.15. The lowest BCUT2D eigenvalue weighted by molar-refractivity contribution is 0.241. The summed E-state index contributed by atoms with van der Waals surface area (Å²) in [5.41, 5.74) is 0. The summed E-state index contributed by atoms with van der Waals surface area (Å²) in [6.07, 6.45) is 21.0. The van der Waals surface area contributed by atoms with Crippen LogP contribution in [0, 0.1) is 5.92 Å². The van der Waals surface area contributed by atoms with E-state index in [2.05, 4.69) is 0 Å². The molecule has 0 saturated heterocycles. The van der Waals surface area contributed by atoms with Gasteiger partial charge in [-0.1, -0.05) is 89.9 Å². The van der Waals surface area contributed by atoms with Gasteiger partial charge in [-0.2, -0.15) is 0 Å². The summed E-state index contributed by atoms with van der Waals surface area (Å²) in [4.78, 5) is 0. The van der Waals surface area contributed by atoms with Crippen LogP contribution in [0.4, 0.5) is 0 Å². The summed E-state index contributed by atoms with van der Waals surface area (Å²) in [5, 5.41) is 9.13. The van der Waals surface area contributed by atoms with Crippen molar-refractivity contribution in [3.05, 3.63) is 0 Å². The zero-order chi connectivity index (χ0) is 12.9. The molecule has 0 aromatic heterocycles. The maximum Gasteiger partial charge on any atom is 0.0433 e. The first-order valence-corrected chi connectivity index (χ1v) is 8.54. The molecule has 1 fully saturated rings. The molecule has 18 heavy (non-hydrogen) atoms. The van der Waals surface area contributed by atoms with E-state index >= 15 is 0 Å². The van der Waals surface area contributed by atoms with E-state index in [-0.39, 0.29) is 0 Å². The van der Waals surface area contributed by atoms with E-state index < -0.39 is 0 Å². The molecule has 0 radical (unpaired) electrons. The fourth-order valence-electron chi connectivity index (χ4n) is 3.25. The number of hydrogen-bond donors (Lipinski definition) is 1. The van der Waals surface area contributed by atoms with Gasteiger partial charge in [0.15, 0.2) is 0 Å². The average molecular weight is 254 g/mol. The molecule has 0 aliphatic heterocycles. The quantitative estimate of drug-likeness (QED) is 0.693. The van der Waals surface area contributed by atoms with Crippen molar-refractivity contribution >= 4 is 0 Å². The first-order chi connectivity index (χ1) is 8.93. The van der Waals surface area contributed by atoms with E-state index in [1.54, 1.807) is 0 Å². The molecule has 0 spiro atoms. The van der Waals surface area contributed by atoms with Crippen molar-refractivity contribution in [2.24, 2.45) is 5.92 Å². The predicted octanol–water partition coefficient (Wildman–Crippen LogP) is 5.46. The van der Waals surface area contributed by atoms with Crippen molar-refractivity contribution in [2.75, 3.05) is 6.61 Å². The molecule has 0 bridgehead atoms. The van der Waals surface area contributed by atoms with Crippen molar-refractivity contribution in [1.82, 2.24) is 0 Å². The Labute approximate surface area is 114 Å². The Morgan fingerprint density at radius 1 is 0.556 bits per heavy atom. The average Bonchev–Trinajstić information content (AvgIpc) is 2.39. The van der Waals surface area contributed by atoms with Crippen LogP contribution >= 0.6 is 0 Å². The molecule has 1 saturated carbocycles. The van der Waals surface area contributed by atoms with E-state index in [9.17, 15) is 0 Å². The van der Waals surface area contributed by atoms with Gasteiger partial charge in [0.05, 0.1) is 0 Å². The molecule has 1 heteroatoms. The molecule has 0 aromatic rings. The van der Waals surface area contributed by atoms with Gasteiger partial charge in [-0.15, -0.1) is 0 Å². The Bertz CT molecular complexity index is 151. The third-order valence-electron chi connectivity index (χ3n) is 4.51. The molecule has 0 atom stereocenters. The van der Waals surface area contributed by atoms with Crippen LogP contribution in [-0.2, 0) is 0 Å². The minimum Gasteiger partial charge on any atom is -0.396 e. The third kappa shape index (κ3) is 8.97. The highest BCUT2D eigenvalue weighted by molar-refractivity contribution is 4.61. The summed E-state index contributed by atoms with van der Waals surface area (Å²) < 4.78 is 0. The standard InChI is InChI=1S/C17H34O/c18-16-15-17-13-11-9-7-5-3-1-2-4-6-8-10-12-14-17/h17-18H,1-16H2. The molecular formula is C17H34O. The van der Waals surface area contributed by atoms with Crippen LogP contribution in [0.3, 0.4) is 0 Å². The van der Waals surface area contributed by atoms with Gasteiger partial charge in [0.2, 0.25) is 0 Å². The van der Waals surface area contributed by atoms with Crippen molar-refractivity contribution in [2.45, 2.75) is 96.3 Å². The summed E-state index contributed by atoms with van der Waals surface area (Å²) >= 11 is 0. The Morgan fingerprint density at radius 3 is 1.22 bits per heavy atom. The molecule has 1 aliphatic rings. The van der Waals surface area contributed by atoms with Crippen LogP contribution in [0.5, 0.6) is 0 Å². The van der Waals surface area contributed by atoms with E-state index in [0.29, 0.717) is 6.61 Å². The van der Waals surface area contributed by atoms with Crippen LogP contribution in [0.25, 0.3) is 0 Å². The maximum absolute atomic E-state index is 9.13. The fraction of sp³-hybridized carbons (Fsp3) is 1.00. The predicted molar refractivity (Wildman–Crippen MR) is 79.8 cm³/mol. The molecule has 0 unspecified atom stereocenters. The van der Waals surface area contributed by atoms with Crippen LogP contribution in [-0.4, -0.2) is 11.7 Å². The van der Waals surface area contributed by atoms with Crippen molar-refractivity contribution in [3.63, 3.8) is 0 Å². The van der Waals surface area contributed by atoms with Crippen LogP contribution in [0.2, 0.25) is 0 Å². The van der Waals surface area contributed by atoms with Crippen molar-refractivity contribution < 1.29 is 5.11 Å². The number of aliphatic hydroxyl groups is 1. The highest BCUT2D eigenvalue weighted by atomic mass is 16.3. The van der Waals surface area contributed by atoms with Gasteiger partial charge < -0.3 is 5.11 Å². The van der Waals surface area contributed by atoms with Gasteiger partial charge in [-0.3, -0.25) is 0 Å². The summed E-state index contributed by atoms with van der Waals surface area (Å²) in [7, 11) is 0. The Kier molecular flexibility index (Phi) is 10.7. The topological polar surface area (TPSA) is 20.2 Å². The molecule has 108 valence electrons. The second-order valence-electron chi connectivity index (χ2n) is 6.20. The van der Waals surface area contributed by atoms with Gasteiger partial charge in [0, 0.05) is 6.61 Å². The van der Waals surface area contributed by atoms with Crippen molar-refractivity contribution in [1.29, 1.82) is 0 Å². The lowest BCUT2D eigenvalue weighted by Crippen LogP contribution is -2.03. The third-order valence-corrected chi connectivity index (χ3v) is 4.51. The Balaban J connectivity index is 2.20. The molecule has 1 nitrogen and oxygen atoms in total. The second kappa shape index (κ2) is 12.0. The fourth-order valence-corrected chi connectivity index (χ4v) is 3.25. The highest BCUT2D eigenvalue weighted by Gasteiger charge is 2.08. The van der Waals surface area contributed by atoms with Crippen molar-refractivity contribution in [3.8, 4) is 0 Å². The molecule has 0 amide bonds. The lowest BCUT2D eigenvalue weighted by atomic mass is 9.92. The summed E-state index contributed by atoms with van der Waals surface area (Å²) in [5.74, 6) is 0.806. The molecule has 0 heterocycles. The van der Waals surface area contributed by atoms with Crippen LogP contribution in [0.1, 0.15) is 96.3 Å². The van der Waals surface area contributed by atoms with Gasteiger partial charge in [-0.05, 0) is 12.3 Å². The first-order valence-electron chi connectivity index (χ1n) is 8.54. The van der Waals surface area contributed by atoms with E-state index in [1.165, 1.54) is 89.9 Å². The largest absolute Gasteiger partial charge is 0.396 e. The van der Waals surface area contributed by atoms with Gasteiger partial charge in [-0.25, -0.2) is 0 Å². The Morgan fingerprint density at radius 2 is 0.889 bits per heavy atom. The Hall–Kier alpha value is -0.0400. The zero-order valence-corrected chi connectivity index (χ0v) is 12.3. The smallest absolute Gasteiger partial charge is 0.0433 e. The molecule has 1 N–H and O–H groups in total. The second-order valence-corrected chi connectivity index (χ2v) is 6.20. The maximum atomic E-state index is 9.13. The molecule has 1 rings (SSSR count).